The number of rotatable bonds is 13. The Kier molecular flexibility index (Phi) is 12.3. The highest BCUT2D eigenvalue weighted by atomic mass is 16.7. The standard InChI is InChI=1S/C27H30O10.C2H4/c1-17(25(31)37-16-35-21-12-8-19(9-13-21)24(30)27(4,5)33)14-22(28)36-15-34-20-10-6-18(7-11-20)23(29)26(2,3)32;1-2/h6-13,32-33H,1,14-16H2,2-5H3;1-2H2. The van der Waals surface area contributed by atoms with E-state index in [1.165, 1.54) is 76.2 Å². The van der Waals surface area contributed by atoms with Crippen molar-refractivity contribution >= 4 is 23.5 Å². The summed E-state index contributed by atoms with van der Waals surface area (Å²) in [5.41, 5.74) is -2.57. The van der Waals surface area contributed by atoms with Gasteiger partial charge in [0.2, 0.25) is 13.6 Å². The van der Waals surface area contributed by atoms with Gasteiger partial charge in [-0.2, -0.15) is 0 Å². The fourth-order valence-electron chi connectivity index (χ4n) is 2.83. The fourth-order valence-corrected chi connectivity index (χ4v) is 2.83. The molecule has 2 N–H and O–H groups in total. The number of carbonyl (C=O) groups is 4. The van der Waals surface area contributed by atoms with Gasteiger partial charge in [-0.05, 0) is 76.2 Å². The molecule has 0 radical (unpaired) electrons. The van der Waals surface area contributed by atoms with Gasteiger partial charge >= 0.3 is 11.9 Å². The minimum Gasteiger partial charge on any atom is -0.457 e. The maximum absolute atomic E-state index is 12.0. The zero-order valence-corrected chi connectivity index (χ0v) is 22.5. The second kappa shape index (κ2) is 14.6. The van der Waals surface area contributed by atoms with Crippen LogP contribution in [0.4, 0.5) is 0 Å². The van der Waals surface area contributed by atoms with Crippen molar-refractivity contribution in [3.63, 3.8) is 0 Å². The van der Waals surface area contributed by atoms with Gasteiger partial charge in [-0.15, -0.1) is 13.2 Å². The minimum atomic E-state index is -1.50. The van der Waals surface area contributed by atoms with Gasteiger partial charge < -0.3 is 29.2 Å². The number of carbonyl (C=O) groups excluding carboxylic acids is 4. The Balaban J connectivity index is 0.00000371. The van der Waals surface area contributed by atoms with Gasteiger partial charge in [-0.3, -0.25) is 14.4 Å². The van der Waals surface area contributed by atoms with Crippen molar-refractivity contribution in [2.75, 3.05) is 13.6 Å². The maximum Gasteiger partial charge on any atom is 0.336 e. The van der Waals surface area contributed by atoms with E-state index >= 15 is 0 Å². The van der Waals surface area contributed by atoms with Crippen LogP contribution in [0.25, 0.3) is 0 Å². The monoisotopic (exact) mass is 542 g/mol. The summed E-state index contributed by atoms with van der Waals surface area (Å²) in [6.07, 6.45) is -0.436. The lowest BCUT2D eigenvalue weighted by Gasteiger charge is -2.15. The Morgan fingerprint density at radius 2 is 1.05 bits per heavy atom. The molecule has 39 heavy (non-hydrogen) atoms. The van der Waals surface area contributed by atoms with Crippen LogP contribution >= 0.6 is 0 Å². The summed E-state index contributed by atoms with van der Waals surface area (Å²) in [6, 6.07) is 11.8. The predicted octanol–water partition coefficient (Wildman–Crippen LogP) is 3.80. The quantitative estimate of drug-likeness (QED) is 0.126. The second-order valence-electron chi connectivity index (χ2n) is 9.08. The second-order valence-corrected chi connectivity index (χ2v) is 9.08. The smallest absolute Gasteiger partial charge is 0.336 e. The van der Waals surface area contributed by atoms with Crippen molar-refractivity contribution in [3.05, 3.63) is 85.0 Å². The molecule has 0 bridgehead atoms. The Morgan fingerprint density at radius 1 is 0.692 bits per heavy atom. The van der Waals surface area contributed by atoms with Crippen molar-refractivity contribution < 1.29 is 48.3 Å². The van der Waals surface area contributed by atoms with Crippen molar-refractivity contribution in [1.82, 2.24) is 0 Å². The van der Waals surface area contributed by atoms with E-state index in [-0.39, 0.29) is 5.57 Å². The topological polar surface area (TPSA) is 146 Å². The molecule has 0 aromatic heterocycles. The number of ketones is 2. The zero-order valence-electron chi connectivity index (χ0n) is 22.5. The van der Waals surface area contributed by atoms with Gasteiger partial charge in [-0.25, -0.2) is 4.79 Å². The Labute approximate surface area is 227 Å². The molecule has 210 valence electrons. The molecule has 0 aliphatic heterocycles. The number of hydrogen-bond donors (Lipinski definition) is 2. The molecule has 0 saturated heterocycles. The summed E-state index contributed by atoms with van der Waals surface area (Å²) in [6.45, 7) is 14.2. The van der Waals surface area contributed by atoms with Gasteiger partial charge in [0.25, 0.3) is 0 Å². The van der Waals surface area contributed by atoms with E-state index in [0.717, 1.165) is 0 Å². The molecular formula is C29H34O10. The SMILES string of the molecule is C=C.C=C(CC(=O)OCOc1ccc(C(=O)C(C)(C)O)cc1)C(=O)OCOc1ccc(C(=O)C(C)(C)O)cc1. The Bertz CT molecular complexity index is 1150. The molecule has 0 heterocycles. The number of benzene rings is 2. The summed E-state index contributed by atoms with van der Waals surface area (Å²) >= 11 is 0. The van der Waals surface area contributed by atoms with Crippen molar-refractivity contribution in [2.45, 2.75) is 45.3 Å². The summed E-state index contributed by atoms with van der Waals surface area (Å²) < 4.78 is 20.4. The largest absolute Gasteiger partial charge is 0.457 e. The van der Waals surface area contributed by atoms with Gasteiger partial charge in [0.05, 0.1) is 6.42 Å². The molecule has 0 spiro atoms. The van der Waals surface area contributed by atoms with E-state index in [2.05, 4.69) is 19.7 Å². The van der Waals surface area contributed by atoms with E-state index in [4.69, 9.17) is 18.9 Å². The molecule has 0 atom stereocenters. The zero-order chi connectivity index (χ0) is 29.8. The molecular weight excluding hydrogens is 508 g/mol. The summed E-state index contributed by atoms with van der Waals surface area (Å²) in [5.74, 6) is -1.89. The summed E-state index contributed by atoms with van der Waals surface area (Å²) in [4.78, 5) is 48.0. The molecule has 2 rings (SSSR count). The van der Waals surface area contributed by atoms with Crippen LogP contribution in [0.5, 0.6) is 11.5 Å². The van der Waals surface area contributed by atoms with Crippen LogP contribution in [0.15, 0.2) is 73.8 Å². The molecule has 0 aliphatic carbocycles. The molecule has 0 amide bonds. The summed E-state index contributed by atoms with van der Waals surface area (Å²) in [7, 11) is 0. The first kappa shape index (κ1) is 32.7. The van der Waals surface area contributed by atoms with Crippen molar-refractivity contribution in [2.24, 2.45) is 0 Å². The van der Waals surface area contributed by atoms with Crippen LogP contribution in [0.3, 0.4) is 0 Å². The number of esters is 2. The highest BCUT2D eigenvalue weighted by Gasteiger charge is 2.26. The van der Waals surface area contributed by atoms with Crippen LogP contribution < -0.4 is 9.47 Å². The van der Waals surface area contributed by atoms with E-state index in [1.54, 1.807) is 0 Å². The first-order chi connectivity index (χ1) is 18.2. The lowest BCUT2D eigenvalue weighted by molar-refractivity contribution is -0.153. The average Bonchev–Trinajstić information content (AvgIpc) is 2.88. The maximum atomic E-state index is 12.0. The average molecular weight is 543 g/mol. The van der Waals surface area contributed by atoms with E-state index in [1.807, 2.05) is 0 Å². The molecule has 0 saturated carbocycles. The lowest BCUT2D eigenvalue weighted by atomic mass is 9.97. The third kappa shape index (κ3) is 10.9. The van der Waals surface area contributed by atoms with Crippen LogP contribution in [0.1, 0.15) is 54.8 Å². The van der Waals surface area contributed by atoms with Crippen LogP contribution in [-0.2, 0) is 19.1 Å². The molecule has 2 aromatic carbocycles. The summed E-state index contributed by atoms with van der Waals surface area (Å²) in [5, 5.41) is 19.5. The number of ether oxygens (including phenoxy) is 4. The van der Waals surface area contributed by atoms with Crippen molar-refractivity contribution in [3.8, 4) is 11.5 Å². The lowest BCUT2D eigenvalue weighted by Crippen LogP contribution is -2.31. The van der Waals surface area contributed by atoms with Gasteiger partial charge in [0, 0.05) is 16.7 Å². The highest BCUT2D eigenvalue weighted by Crippen LogP contribution is 2.18. The van der Waals surface area contributed by atoms with Gasteiger partial charge in [0.15, 0.2) is 11.6 Å². The minimum absolute atomic E-state index is 0.158. The molecule has 0 fully saturated rings. The molecule has 10 heteroatoms. The van der Waals surface area contributed by atoms with E-state index in [9.17, 15) is 29.4 Å². The molecule has 0 aliphatic rings. The highest BCUT2D eigenvalue weighted by molar-refractivity contribution is 6.02. The van der Waals surface area contributed by atoms with Crippen LogP contribution in [0, 0.1) is 0 Å². The first-order valence-corrected chi connectivity index (χ1v) is 11.7. The van der Waals surface area contributed by atoms with Crippen LogP contribution in [-0.4, -0.2) is 58.5 Å². The third-order valence-corrected chi connectivity index (χ3v) is 4.85. The van der Waals surface area contributed by atoms with Gasteiger partial charge in [0.1, 0.15) is 22.7 Å². The molecule has 10 nitrogen and oxygen atoms in total. The van der Waals surface area contributed by atoms with Gasteiger partial charge in [-0.1, -0.05) is 6.58 Å². The van der Waals surface area contributed by atoms with Crippen molar-refractivity contribution in [1.29, 1.82) is 0 Å². The number of hydrogen-bond acceptors (Lipinski definition) is 10. The van der Waals surface area contributed by atoms with E-state index < -0.39 is 54.7 Å². The predicted molar refractivity (Wildman–Crippen MR) is 142 cm³/mol. The molecule has 0 unspecified atom stereocenters. The normalized spacial score (nSPS) is 10.8. The first-order valence-electron chi connectivity index (χ1n) is 11.7. The Hall–Kier alpha value is -4.28. The number of Topliss-reactive ketones (excluding diaryl/α,β-unsaturated/α-hetero) is 2. The third-order valence-electron chi connectivity index (χ3n) is 4.85. The fraction of sp³-hybridized carbons (Fsp3) is 0.310. The van der Waals surface area contributed by atoms with Crippen LogP contribution in [0.2, 0.25) is 0 Å². The van der Waals surface area contributed by atoms with E-state index in [0.29, 0.717) is 22.6 Å². The molecule has 2 aromatic rings. The number of aliphatic hydroxyl groups is 2. The Morgan fingerprint density at radius 3 is 1.41 bits per heavy atom.